The van der Waals surface area contributed by atoms with E-state index in [-0.39, 0.29) is 10.6 Å². The maximum atomic E-state index is 11.0. The van der Waals surface area contributed by atoms with Crippen LogP contribution < -0.4 is 4.74 Å². The highest BCUT2D eigenvalue weighted by Crippen LogP contribution is 2.23. The Morgan fingerprint density at radius 3 is 2.74 bits per heavy atom. The zero-order valence-corrected chi connectivity index (χ0v) is 12.2. The van der Waals surface area contributed by atoms with Gasteiger partial charge in [0.1, 0.15) is 5.75 Å². The largest absolute Gasteiger partial charge is 0.493 e. The molecule has 0 aliphatic carbocycles. The average molecular weight is 285 g/mol. The maximum absolute atomic E-state index is 11.0. The minimum absolute atomic E-state index is 0.0840. The first kappa shape index (κ1) is 15.8. The molecule has 1 unspecified atom stereocenters. The number of rotatable bonds is 8. The Morgan fingerprint density at radius 2 is 2.16 bits per heavy atom. The molecule has 4 heteroatoms. The van der Waals surface area contributed by atoms with E-state index in [0.29, 0.717) is 18.3 Å². The van der Waals surface area contributed by atoms with Gasteiger partial charge in [-0.25, -0.2) is 4.79 Å². The van der Waals surface area contributed by atoms with Crippen molar-refractivity contribution < 1.29 is 14.6 Å². The van der Waals surface area contributed by atoms with Crippen molar-refractivity contribution in [1.29, 1.82) is 0 Å². The van der Waals surface area contributed by atoms with Crippen LogP contribution in [0.1, 0.15) is 49.9 Å². The zero-order chi connectivity index (χ0) is 14.3. The Kier molecular flexibility index (Phi) is 6.71. The average Bonchev–Trinajstić information content (AvgIpc) is 2.40. The summed E-state index contributed by atoms with van der Waals surface area (Å²) in [7, 11) is 0. The molecule has 3 nitrogen and oxygen atoms in total. The fraction of sp³-hybridized carbons (Fsp3) is 0.533. The Bertz CT molecular complexity index is 418. The van der Waals surface area contributed by atoms with Gasteiger partial charge in [0.25, 0.3) is 0 Å². The monoisotopic (exact) mass is 284 g/mol. The Morgan fingerprint density at radius 1 is 1.42 bits per heavy atom. The zero-order valence-electron chi connectivity index (χ0n) is 11.5. The molecular formula is C15H21ClO3. The number of carbonyl (C=O) groups is 1. The normalized spacial score (nSPS) is 12.2. The second kappa shape index (κ2) is 8.05. The molecule has 0 spiro atoms. The van der Waals surface area contributed by atoms with Gasteiger partial charge in [-0.3, -0.25) is 0 Å². The summed E-state index contributed by atoms with van der Waals surface area (Å²) >= 11 is 5.81. The fourth-order valence-corrected chi connectivity index (χ4v) is 2.07. The van der Waals surface area contributed by atoms with Gasteiger partial charge in [-0.1, -0.05) is 44.7 Å². The van der Waals surface area contributed by atoms with Gasteiger partial charge in [-0.2, -0.15) is 0 Å². The summed E-state index contributed by atoms with van der Waals surface area (Å²) in [5.74, 6) is 0.0501. The fourth-order valence-electron chi connectivity index (χ4n) is 1.87. The van der Waals surface area contributed by atoms with Crippen molar-refractivity contribution in [2.24, 2.45) is 5.92 Å². The number of aromatic carboxylic acids is 1. The number of hydrogen-bond acceptors (Lipinski definition) is 2. The minimum Gasteiger partial charge on any atom is -0.493 e. The van der Waals surface area contributed by atoms with E-state index < -0.39 is 5.97 Å². The lowest BCUT2D eigenvalue weighted by Gasteiger charge is -2.16. The predicted molar refractivity (Wildman–Crippen MR) is 77.2 cm³/mol. The van der Waals surface area contributed by atoms with E-state index in [0.717, 1.165) is 12.8 Å². The van der Waals surface area contributed by atoms with Crippen molar-refractivity contribution >= 4 is 17.6 Å². The van der Waals surface area contributed by atoms with Crippen molar-refractivity contribution in [3.63, 3.8) is 0 Å². The highest BCUT2D eigenvalue weighted by atomic mass is 35.5. The number of ether oxygens (including phenoxy) is 1. The van der Waals surface area contributed by atoms with Gasteiger partial charge < -0.3 is 9.84 Å². The van der Waals surface area contributed by atoms with Crippen LogP contribution in [0.3, 0.4) is 0 Å². The number of carboxylic acids is 1. The van der Waals surface area contributed by atoms with Crippen molar-refractivity contribution in [2.75, 3.05) is 6.61 Å². The summed E-state index contributed by atoms with van der Waals surface area (Å²) in [6.45, 7) is 4.94. The molecule has 0 amide bonds. The molecule has 0 aliphatic rings. The van der Waals surface area contributed by atoms with Gasteiger partial charge in [-0.15, -0.1) is 0 Å². The second-order valence-corrected chi connectivity index (χ2v) is 5.08. The molecule has 1 rings (SSSR count). The van der Waals surface area contributed by atoms with E-state index in [9.17, 15) is 4.79 Å². The molecule has 0 aliphatic heterocycles. The molecule has 0 saturated heterocycles. The highest BCUT2D eigenvalue weighted by molar-refractivity contribution is 6.33. The molecule has 1 aromatic rings. The van der Waals surface area contributed by atoms with Gasteiger partial charge in [0.15, 0.2) is 0 Å². The summed E-state index contributed by atoms with van der Waals surface area (Å²) < 4.78 is 5.68. The SMILES string of the molecule is CCCCC(CC)COc1ccc(Cl)c(C(=O)O)c1. The molecule has 0 heterocycles. The highest BCUT2D eigenvalue weighted by Gasteiger charge is 2.11. The summed E-state index contributed by atoms with van der Waals surface area (Å²) in [6.07, 6.45) is 4.59. The van der Waals surface area contributed by atoms with Crippen LogP contribution in [0.5, 0.6) is 5.75 Å². The number of carboxylic acid groups (broad SMARTS) is 1. The summed E-state index contributed by atoms with van der Waals surface area (Å²) in [5, 5.41) is 9.22. The van der Waals surface area contributed by atoms with E-state index in [1.54, 1.807) is 12.1 Å². The van der Waals surface area contributed by atoms with Gasteiger partial charge in [0.05, 0.1) is 17.2 Å². The molecule has 1 aromatic carbocycles. The standard InChI is InChI=1S/C15H21ClO3/c1-3-5-6-11(4-2)10-19-12-7-8-14(16)13(9-12)15(17)18/h7-9,11H,3-6,10H2,1-2H3,(H,17,18). The first-order valence-corrected chi connectivity index (χ1v) is 7.11. The van der Waals surface area contributed by atoms with Crippen molar-refractivity contribution in [3.05, 3.63) is 28.8 Å². The van der Waals surface area contributed by atoms with Crippen molar-refractivity contribution in [1.82, 2.24) is 0 Å². The molecule has 0 bridgehead atoms. The quantitative estimate of drug-likeness (QED) is 0.757. The summed E-state index contributed by atoms with van der Waals surface area (Å²) in [4.78, 5) is 11.0. The van der Waals surface area contributed by atoms with E-state index in [2.05, 4.69) is 13.8 Å². The van der Waals surface area contributed by atoms with Crippen LogP contribution >= 0.6 is 11.6 Å². The second-order valence-electron chi connectivity index (χ2n) is 4.67. The van der Waals surface area contributed by atoms with Gasteiger partial charge in [0, 0.05) is 0 Å². The van der Waals surface area contributed by atoms with Crippen LogP contribution in [-0.2, 0) is 0 Å². The minimum atomic E-state index is -1.03. The maximum Gasteiger partial charge on any atom is 0.337 e. The molecule has 19 heavy (non-hydrogen) atoms. The van der Waals surface area contributed by atoms with E-state index in [1.165, 1.54) is 18.9 Å². The Labute approximate surface area is 119 Å². The molecular weight excluding hydrogens is 264 g/mol. The molecule has 1 atom stereocenters. The van der Waals surface area contributed by atoms with Crippen LogP contribution in [0.15, 0.2) is 18.2 Å². The van der Waals surface area contributed by atoms with Crippen LogP contribution in [-0.4, -0.2) is 17.7 Å². The molecule has 0 fully saturated rings. The Hall–Kier alpha value is -1.22. The first-order valence-electron chi connectivity index (χ1n) is 6.74. The van der Waals surface area contributed by atoms with Gasteiger partial charge >= 0.3 is 5.97 Å². The van der Waals surface area contributed by atoms with E-state index in [1.807, 2.05) is 0 Å². The third kappa shape index (κ3) is 5.11. The molecule has 106 valence electrons. The third-order valence-corrected chi connectivity index (χ3v) is 3.53. The first-order chi connectivity index (χ1) is 9.08. The van der Waals surface area contributed by atoms with Crippen LogP contribution in [0.25, 0.3) is 0 Å². The topological polar surface area (TPSA) is 46.5 Å². The molecule has 1 N–H and O–H groups in total. The van der Waals surface area contributed by atoms with Crippen molar-refractivity contribution in [2.45, 2.75) is 39.5 Å². The van der Waals surface area contributed by atoms with E-state index >= 15 is 0 Å². The molecule has 0 aromatic heterocycles. The number of unbranched alkanes of at least 4 members (excludes halogenated alkanes) is 1. The number of benzene rings is 1. The number of hydrogen-bond donors (Lipinski definition) is 1. The van der Waals surface area contributed by atoms with Crippen molar-refractivity contribution in [3.8, 4) is 5.75 Å². The van der Waals surface area contributed by atoms with Gasteiger partial charge in [-0.05, 0) is 30.5 Å². The van der Waals surface area contributed by atoms with Crippen LogP contribution in [0.2, 0.25) is 5.02 Å². The number of halogens is 1. The molecule has 0 saturated carbocycles. The predicted octanol–water partition coefficient (Wildman–Crippen LogP) is 4.63. The lowest BCUT2D eigenvalue weighted by molar-refractivity contribution is 0.0696. The smallest absolute Gasteiger partial charge is 0.337 e. The molecule has 0 radical (unpaired) electrons. The lowest BCUT2D eigenvalue weighted by Crippen LogP contribution is -2.11. The summed E-state index contributed by atoms with van der Waals surface area (Å²) in [5.41, 5.74) is 0.0840. The lowest BCUT2D eigenvalue weighted by atomic mass is 10.0. The van der Waals surface area contributed by atoms with E-state index in [4.69, 9.17) is 21.4 Å². The Balaban J connectivity index is 2.61. The summed E-state index contributed by atoms with van der Waals surface area (Å²) in [6, 6.07) is 4.76. The van der Waals surface area contributed by atoms with Crippen LogP contribution in [0.4, 0.5) is 0 Å². The van der Waals surface area contributed by atoms with Crippen LogP contribution in [0, 0.1) is 5.92 Å². The third-order valence-electron chi connectivity index (χ3n) is 3.20. The van der Waals surface area contributed by atoms with Gasteiger partial charge in [0.2, 0.25) is 0 Å².